The van der Waals surface area contributed by atoms with E-state index in [0.29, 0.717) is 37.8 Å². The van der Waals surface area contributed by atoms with Crippen molar-refractivity contribution in [2.45, 2.75) is 32.8 Å². The highest BCUT2D eigenvalue weighted by Crippen LogP contribution is 2.20. The third kappa shape index (κ3) is 4.69. The maximum atomic E-state index is 12.7. The fourth-order valence-electron chi connectivity index (χ4n) is 3.13. The number of carbonyl (C=O) groups is 2. The molecular weight excluding hydrogens is 360 g/mol. The second-order valence-corrected chi connectivity index (χ2v) is 8.03. The molecule has 144 valence electrons. The molecule has 1 unspecified atom stereocenters. The van der Waals surface area contributed by atoms with Gasteiger partial charge in [0.15, 0.2) is 6.10 Å². The molecule has 1 atom stereocenters. The van der Waals surface area contributed by atoms with Crippen molar-refractivity contribution in [3.05, 3.63) is 52.2 Å². The van der Waals surface area contributed by atoms with Crippen molar-refractivity contribution in [1.29, 1.82) is 0 Å². The van der Waals surface area contributed by atoms with Crippen molar-refractivity contribution in [3.63, 3.8) is 0 Å². The minimum absolute atomic E-state index is 0.0360. The molecule has 27 heavy (non-hydrogen) atoms. The zero-order valence-electron chi connectivity index (χ0n) is 16.1. The Labute approximate surface area is 164 Å². The van der Waals surface area contributed by atoms with Crippen LogP contribution < -0.4 is 4.74 Å². The monoisotopic (exact) mass is 386 g/mol. The Morgan fingerprint density at radius 1 is 0.963 bits per heavy atom. The third-order valence-corrected chi connectivity index (χ3v) is 5.68. The molecule has 2 amide bonds. The van der Waals surface area contributed by atoms with Crippen molar-refractivity contribution in [1.82, 2.24) is 9.80 Å². The summed E-state index contributed by atoms with van der Waals surface area (Å²) in [6.07, 6.45) is -0.547. The Kier molecular flexibility index (Phi) is 6.16. The van der Waals surface area contributed by atoms with Crippen LogP contribution in [0.2, 0.25) is 0 Å². The summed E-state index contributed by atoms with van der Waals surface area (Å²) in [5.74, 6) is 1.18. The largest absolute Gasteiger partial charge is 0.481 e. The van der Waals surface area contributed by atoms with Crippen molar-refractivity contribution >= 4 is 23.2 Å². The van der Waals surface area contributed by atoms with Crippen LogP contribution >= 0.6 is 11.3 Å². The SMILES string of the molecule is CC(Oc1ccc(C(C)C)cc1)C(=O)N1CCN(C(=O)c2cccs2)CC1. The zero-order valence-corrected chi connectivity index (χ0v) is 16.9. The van der Waals surface area contributed by atoms with Gasteiger partial charge in [-0.15, -0.1) is 11.3 Å². The molecule has 3 rings (SSSR count). The molecule has 2 aromatic rings. The highest BCUT2D eigenvalue weighted by molar-refractivity contribution is 7.12. The molecule has 1 aromatic heterocycles. The van der Waals surface area contributed by atoms with E-state index >= 15 is 0 Å². The number of carbonyl (C=O) groups excluding carboxylic acids is 2. The first-order chi connectivity index (χ1) is 13.0. The van der Waals surface area contributed by atoms with E-state index in [2.05, 4.69) is 13.8 Å². The van der Waals surface area contributed by atoms with E-state index in [4.69, 9.17) is 4.74 Å². The van der Waals surface area contributed by atoms with Crippen LogP contribution in [0.4, 0.5) is 0 Å². The molecule has 0 spiro atoms. The van der Waals surface area contributed by atoms with Crippen molar-refractivity contribution < 1.29 is 14.3 Å². The van der Waals surface area contributed by atoms with Crippen LogP contribution in [0.5, 0.6) is 5.75 Å². The molecular formula is C21H26N2O3S. The second-order valence-electron chi connectivity index (χ2n) is 7.08. The standard InChI is InChI=1S/C21H26N2O3S/c1-15(2)17-6-8-18(9-7-17)26-16(3)20(24)22-10-12-23(13-11-22)21(25)19-5-4-14-27-19/h4-9,14-16H,10-13H2,1-3H3. The van der Waals surface area contributed by atoms with Crippen LogP contribution in [-0.4, -0.2) is 53.9 Å². The number of amides is 2. The normalized spacial score (nSPS) is 15.7. The van der Waals surface area contributed by atoms with Gasteiger partial charge in [-0.1, -0.05) is 32.0 Å². The van der Waals surface area contributed by atoms with E-state index in [-0.39, 0.29) is 11.8 Å². The smallest absolute Gasteiger partial charge is 0.264 e. The fraction of sp³-hybridized carbons (Fsp3) is 0.429. The summed E-state index contributed by atoms with van der Waals surface area (Å²) >= 11 is 1.45. The summed E-state index contributed by atoms with van der Waals surface area (Å²) in [6.45, 7) is 8.25. The van der Waals surface area contributed by atoms with E-state index in [0.717, 1.165) is 4.88 Å². The lowest BCUT2D eigenvalue weighted by Gasteiger charge is -2.35. The van der Waals surface area contributed by atoms with Gasteiger partial charge in [0.2, 0.25) is 0 Å². The van der Waals surface area contributed by atoms with Gasteiger partial charge in [0, 0.05) is 26.2 Å². The molecule has 1 fully saturated rings. The Balaban J connectivity index is 1.51. The maximum absolute atomic E-state index is 12.7. The predicted octanol–water partition coefficient (Wildman–Crippen LogP) is 3.62. The van der Waals surface area contributed by atoms with Gasteiger partial charge in [0.05, 0.1) is 4.88 Å². The third-order valence-electron chi connectivity index (χ3n) is 4.82. The quantitative estimate of drug-likeness (QED) is 0.789. The summed E-state index contributed by atoms with van der Waals surface area (Å²) in [4.78, 5) is 29.4. The Bertz CT molecular complexity index is 763. The maximum Gasteiger partial charge on any atom is 0.264 e. The molecule has 0 aliphatic carbocycles. The van der Waals surface area contributed by atoms with Gasteiger partial charge in [0.25, 0.3) is 11.8 Å². The average Bonchev–Trinajstić information content (AvgIpc) is 3.22. The molecule has 0 radical (unpaired) electrons. The van der Waals surface area contributed by atoms with E-state index in [1.807, 2.05) is 46.7 Å². The van der Waals surface area contributed by atoms with Crippen molar-refractivity contribution in [2.24, 2.45) is 0 Å². The number of benzene rings is 1. The van der Waals surface area contributed by atoms with E-state index in [1.54, 1.807) is 11.8 Å². The summed E-state index contributed by atoms with van der Waals surface area (Å²) in [5, 5.41) is 1.90. The summed E-state index contributed by atoms with van der Waals surface area (Å²) < 4.78 is 5.83. The van der Waals surface area contributed by atoms with Crippen LogP contribution in [-0.2, 0) is 4.79 Å². The minimum atomic E-state index is -0.547. The lowest BCUT2D eigenvalue weighted by atomic mass is 10.0. The second kappa shape index (κ2) is 8.57. The van der Waals surface area contributed by atoms with Crippen molar-refractivity contribution in [2.75, 3.05) is 26.2 Å². The van der Waals surface area contributed by atoms with Crippen LogP contribution in [0, 0.1) is 0 Å². The van der Waals surface area contributed by atoms with Gasteiger partial charge in [-0.05, 0) is 42.0 Å². The molecule has 1 aromatic carbocycles. The number of piperazine rings is 1. The number of rotatable bonds is 5. The first kappa shape index (κ1) is 19.4. The average molecular weight is 387 g/mol. The number of hydrogen-bond donors (Lipinski definition) is 0. The van der Waals surface area contributed by atoms with Gasteiger partial charge >= 0.3 is 0 Å². The van der Waals surface area contributed by atoms with Gasteiger partial charge < -0.3 is 14.5 Å². The lowest BCUT2D eigenvalue weighted by Crippen LogP contribution is -2.53. The molecule has 0 bridgehead atoms. The summed E-state index contributed by atoms with van der Waals surface area (Å²) in [5.41, 5.74) is 1.24. The molecule has 1 aliphatic heterocycles. The van der Waals surface area contributed by atoms with E-state index in [9.17, 15) is 9.59 Å². The molecule has 1 saturated heterocycles. The Hall–Kier alpha value is -2.34. The number of hydrogen-bond acceptors (Lipinski definition) is 4. The number of ether oxygens (including phenoxy) is 1. The van der Waals surface area contributed by atoms with Crippen LogP contribution in [0.1, 0.15) is 41.9 Å². The molecule has 2 heterocycles. The van der Waals surface area contributed by atoms with Gasteiger partial charge in [-0.2, -0.15) is 0 Å². The van der Waals surface area contributed by atoms with Crippen LogP contribution in [0.25, 0.3) is 0 Å². The lowest BCUT2D eigenvalue weighted by molar-refractivity contribution is -0.139. The topological polar surface area (TPSA) is 49.9 Å². The summed E-state index contributed by atoms with van der Waals surface area (Å²) in [7, 11) is 0. The molecule has 0 N–H and O–H groups in total. The zero-order chi connectivity index (χ0) is 19.4. The Morgan fingerprint density at radius 2 is 1.59 bits per heavy atom. The van der Waals surface area contributed by atoms with E-state index in [1.165, 1.54) is 16.9 Å². The highest BCUT2D eigenvalue weighted by Gasteiger charge is 2.28. The summed E-state index contributed by atoms with van der Waals surface area (Å²) in [6, 6.07) is 11.6. The van der Waals surface area contributed by atoms with Crippen LogP contribution in [0.15, 0.2) is 41.8 Å². The van der Waals surface area contributed by atoms with Crippen LogP contribution in [0.3, 0.4) is 0 Å². The highest BCUT2D eigenvalue weighted by atomic mass is 32.1. The van der Waals surface area contributed by atoms with E-state index < -0.39 is 6.10 Å². The molecule has 1 aliphatic rings. The first-order valence-corrected chi connectivity index (χ1v) is 10.2. The molecule has 0 saturated carbocycles. The van der Waals surface area contributed by atoms with Gasteiger partial charge in [-0.25, -0.2) is 0 Å². The number of nitrogens with zero attached hydrogens (tertiary/aromatic N) is 2. The minimum Gasteiger partial charge on any atom is -0.481 e. The van der Waals surface area contributed by atoms with Gasteiger partial charge in [-0.3, -0.25) is 9.59 Å². The van der Waals surface area contributed by atoms with Gasteiger partial charge in [0.1, 0.15) is 5.75 Å². The van der Waals surface area contributed by atoms with Crippen molar-refractivity contribution in [3.8, 4) is 5.75 Å². The molecule has 6 heteroatoms. The Morgan fingerprint density at radius 3 is 2.15 bits per heavy atom. The fourth-order valence-corrected chi connectivity index (χ4v) is 3.82. The predicted molar refractivity (Wildman–Crippen MR) is 107 cm³/mol. The number of thiophene rings is 1. The first-order valence-electron chi connectivity index (χ1n) is 9.34. The molecule has 5 nitrogen and oxygen atoms in total.